The third-order valence-electron chi connectivity index (χ3n) is 3.44. The standard InChI is InChI=1S/C16H23N3O3/c1-11(2)9-18-16(21)14-8-12(5-6-17-14)15(20)19-10-13-4-3-7-22-13/h5-6,8,11,13H,3-4,7,9-10H2,1-2H3,(H,18,21)(H,19,20). The second kappa shape index (κ2) is 7.89. The maximum atomic E-state index is 12.1. The highest BCUT2D eigenvalue weighted by atomic mass is 16.5. The first-order chi connectivity index (χ1) is 10.6. The van der Waals surface area contributed by atoms with Crippen molar-refractivity contribution in [3.8, 4) is 0 Å². The lowest BCUT2D eigenvalue weighted by molar-refractivity contribution is 0.0857. The van der Waals surface area contributed by atoms with Crippen LogP contribution in [0.3, 0.4) is 0 Å². The van der Waals surface area contributed by atoms with Gasteiger partial charge in [0.25, 0.3) is 11.8 Å². The molecule has 120 valence electrons. The number of hydrogen-bond donors (Lipinski definition) is 2. The number of nitrogens with zero attached hydrogens (tertiary/aromatic N) is 1. The van der Waals surface area contributed by atoms with Crippen LogP contribution in [0.1, 0.15) is 47.5 Å². The van der Waals surface area contributed by atoms with Gasteiger partial charge < -0.3 is 15.4 Å². The third kappa shape index (κ3) is 4.80. The molecular weight excluding hydrogens is 282 g/mol. The number of pyridine rings is 1. The van der Waals surface area contributed by atoms with Crippen LogP contribution in [0.5, 0.6) is 0 Å². The Hall–Kier alpha value is -1.95. The molecule has 22 heavy (non-hydrogen) atoms. The summed E-state index contributed by atoms with van der Waals surface area (Å²) in [7, 11) is 0. The molecule has 2 heterocycles. The van der Waals surface area contributed by atoms with E-state index >= 15 is 0 Å². The summed E-state index contributed by atoms with van der Waals surface area (Å²) in [6.07, 6.45) is 3.58. The summed E-state index contributed by atoms with van der Waals surface area (Å²) in [5.41, 5.74) is 0.688. The van der Waals surface area contributed by atoms with Crippen molar-refractivity contribution in [1.82, 2.24) is 15.6 Å². The Morgan fingerprint density at radius 2 is 2.18 bits per heavy atom. The Kier molecular flexibility index (Phi) is 5.89. The van der Waals surface area contributed by atoms with Gasteiger partial charge in [-0.1, -0.05) is 13.8 Å². The number of carbonyl (C=O) groups is 2. The molecule has 0 spiro atoms. The van der Waals surface area contributed by atoms with E-state index in [1.165, 1.54) is 12.3 Å². The lowest BCUT2D eigenvalue weighted by Crippen LogP contribution is -2.32. The van der Waals surface area contributed by atoms with Gasteiger partial charge in [0.2, 0.25) is 0 Å². The number of nitrogens with one attached hydrogen (secondary N) is 2. The molecule has 6 heteroatoms. The molecular formula is C16H23N3O3. The van der Waals surface area contributed by atoms with Crippen LogP contribution >= 0.6 is 0 Å². The number of hydrogen-bond acceptors (Lipinski definition) is 4. The van der Waals surface area contributed by atoms with Crippen molar-refractivity contribution in [2.75, 3.05) is 19.7 Å². The maximum absolute atomic E-state index is 12.1. The molecule has 0 saturated carbocycles. The molecule has 6 nitrogen and oxygen atoms in total. The molecule has 2 rings (SSSR count). The van der Waals surface area contributed by atoms with Crippen LogP contribution in [0.4, 0.5) is 0 Å². The van der Waals surface area contributed by atoms with Gasteiger partial charge in [0, 0.05) is 31.5 Å². The lowest BCUT2D eigenvalue weighted by atomic mass is 10.2. The molecule has 1 unspecified atom stereocenters. The molecule has 0 bridgehead atoms. The highest BCUT2D eigenvalue weighted by molar-refractivity contribution is 5.98. The number of rotatable bonds is 6. The maximum Gasteiger partial charge on any atom is 0.269 e. The topological polar surface area (TPSA) is 80.3 Å². The second-order valence-electron chi connectivity index (χ2n) is 5.88. The summed E-state index contributed by atoms with van der Waals surface area (Å²) in [6.45, 7) is 5.87. The zero-order chi connectivity index (χ0) is 15.9. The van der Waals surface area contributed by atoms with Crippen LogP contribution in [0.25, 0.3) is 0 Å². The van der Waals surface area contributed by atoms with Gasteiger partial charge in [0.05, 0.1) is 6.10 Å². The summed E-state index contributed by atoms with van der Waals surface area (Å²) in [6, 6.07) is 3.12. The predicted octanol–water partition coefficient (Wildman–Crippen LogP) is 1.38. The van der Waals surface area contributed by atoms with Gasteiger partial charge in [0.15, 0.2) is 0 Å². The number of carbonyl (C=O) groups excluding carboxylic acids is 2. The number of aromatic nitrogens is 1. The minimum absolute atomic E-state index is 0.0969. The van der Waals surface area contributed by atoms with Crippen molar-refractivity contribution in [3.63, 3.8) is 0 Å². The predicted molar refractivity (Wildman–Crippen MR) is 82.7 cm³/mol. The fourth-order valence-electron chi connectivity index (χ4n) is 2.20. The van der Waals surface area contributed by atoms with E-state index in [4.69, 9.17) is 4.74 Å². The van der Waals surface area contributed by atoms with Gasteiger partial charge in [-0.05, 0) is 30.9 Å². The van der Waals surface area contributed by atoms with E-state index in [2.05, 4.69) is 15.6 Å². The number of ether oxygens (including phenoxy) is 1. The monoisotopic (exact) mass is 305 g/mol. The number of amides is 2. The van der Waals surface area contributed by atoms with Gasteiger partial charge in [-0.15, -0.1) is 0 Å². The average Bonchev–Trinajstić information content (AvgIpc) is 3.03. The van der Waals surface area contributed by atoms with Crippen LogP contribution in [-0.4, -0.2) is 42.6 Å². The van der Waals surface area contributed by atoms with Crippen LogP contribution in [0.2, 0.25) is 0 Å². The lowest BCUT2D eigenvalue weighted by Gasteiger charge is -2.11. The Labute approximate surface area is 130 Å². The van der Waals surface area contributed by atoms with Crippen LogP contribution in [0, 0.1) is 5.92 Å². The zero-order valence-corrected chi connectivity index (χ0v) is 13.1. The van der Waals surface area contributed by atoms with E-state index < -0.39 is 0 Å². The summed E-state index contributed by atoms with van der Waals surface area (Å²) < 4.78 is 5.46. The Bertz CT molecular complexity index is 525. The molecule has 1 aliphatic heterocycles. The summed E-state index contributed by atoms with van der Waals surface area (Å²) in [5.74, 6) is -0.111. The van der Waals surface area contributed by atoms with Crippen molar-refractivity contribution in [2.24, 2.45) is 5.92 Å². The van der Waals surface area contributed by atoms with Crippen LogP contribution < -0.4 is 10.6 Å². The van der Waals surface area contributed by atoms with Crippen molar-refractivity contribution in [2.45, 2.75) is 32.8 Å². The van der Waals surface area contributed by atoms with Crippen LogP contribution in [-0.2, 0) is 4.74 Å². The fraction of sp³-hybridized carbons (Fsp3) is 0.562. The first-order valence-electron chi connectivity index (χ1n) is 7.70. The van der Waals surface area contributed by atoms with E-state index in [9.17, 15) is 9.59 Å². The van der Waals surface area contributed by atoms with Crippen molar-refractivity contribution in [3.05, 3.63) is 29.6 Å². The van der Waals surface area contributed by atoms with E-state index in [-0.39, 0.29) is 23.6 Å². The molecule has 0 aromatic carbocycles. The highest BCUT2D eigenvalue weighted by Gasteiger charge is 2.17. The summed E-state index contributed by atoms with van der Waals surface area (Å²) in [4.78, 5) is 28.1. The van der Waals surface area contributed by atoms with Crippen molar-refractivity contribution in [1.29, 1.82) is 0 Å². The quantitative estimate of drug-likeness (QED) is 0.832. The van der Waals surface area contributed by atoms with E-state index in [0.29, 0.717) is 24.6 Å². The third-order valence-corrected chi connectivity index (χ3v) is 3.44. The molecule has 1 fully saturated rings. The minimum atomic E-state index is -0.262. The zero-order valence-electron chi connectivity index (χ0n) is 13.1. The van der Waals surface area contributed by atoms with Crippen molar-refractivity contribution < 1.29 is 14.3 Å². The molecule has 1 aliphatic rings. The van der Waals surface area contributed by atoms with Gasteiger partial charge in [-0.2, -0.15) is 0 Å². The molecule has 2 amide bonds. The Balaban J connectivity index is 1.91. The van der Waals surface area contributed by atoms with Crippen LogP contribution in [0.15, 0.2) is 18.3 Å². The van der Waals surface area contributed by atoms with E-state index in [0.717, 1.165) is 19.4 Å². The molecule has 1 atom stereocenters. The first-order valence-corrected chi connectivity index (χ1v) is 7.70. The van der Waals surface area contributed by atoms with E-state index in [1.54, 1.807) is 6.07 Å². The summed E-state index contributed by atoms with van der Waals surface area (Å²) >= 11 is 0. The van der Waals surface area contributed by atoms with Gasteiger partial charge in [-0.3, -0.25) is 14.6 Å². The van der Waals surface area contributed by atoms with Gasteiger partial charge in [-0.25, -0.2) is 0 Å². The van der Waals surface area contributed by atoms with Gasteiger partial charge in [0.1, 0.15) is 5.69 Å². The smallest absolute Gasteiger partial charge is 0.269 e. The average molecular weight is 305 g/mol. The minimum Gasteiger partial charge on any atom is -0.376 e. The van der Waals surface area contributed by atoms with Crippen molar-refractivity contribution >= 4 is 11.8 Å². The Morgan fingerprint density at radius 1 is 1.36 bits per heavy atom. The van der Waals surface area contributed by atoms with E-state index in [1.807, 2.05) is 13.8 Å². The van der Waals surface area contributed by atoms with Gasteiger partial charge >= 0.3 is 0 Å². The largest absolute Gasteiger partial charge is 0.376 e. The highest BCUT2D eigenvalue weighted by Crippen LogP contribution is 2.11. The summed E-state index contributed by atoms with van der Waals surface area (Å²) in [5, 5.41) is 5.62. The molecule has 0 aliphatic carbocycles. The fourth-order valence-corrected chi connectivity index (χ4v) is 2.20. The molecule has 0 radical (unpaired) electrons. The normalized spacial score (nSPS) is 17.5. The molecule has 2 N–H and O–H groups in total. The molecule has 1 saturated heterocycles. The molecule has 1 aromatic rings. The molecule has 1 aromatic heterocycles. The second-order valence-corrected chi connectivity index (χ2v) is 5.88. The first kappa shape index (κ1) is 16.4. The Morgan fingerprint density at radius 3 is 2.86 bits per heavy atom. The SMILES string of the molecule is CC(C)CNC(=O)c1cc(C(=O)NCC2CCCO2)ccn1.